The fraction of sp³-hybridized carbons (Fsp3) is 0.632. The summed E-state index contributed by atoms with van der Waals surface area (Å²) in [6.45, 7) is 6.28. The van der Waals surface area contributed by atoms with Crippen LogP contribution in [-0.2, 0) is 16.1 Å². The molecule has 2 aliphatic heterocycles. The van der Waals surface area contributed by atoms with E-state index in [9.17, 15) is 9.90 Å². The van der Waals surface area contributed by atoms with Gasteiger partial charge >= 0.3 is 0 Å². The van der Waals surface area contributed by atoms with Crippen LogP contribution in [0, 0.1) is 5.92 Å². The zero-order chi connectivity index (χ0) is 16.9. The molecule has 1 amide bonds. The van der Waals surface area contributed by atoms with Crippen molar-refractivity contribution in [2.45, 2.75) is 38.5 Å². The number of aliphatic hydroxyl groups is 1. The molecule has 1 aromatic rings. The van der Waals surface area contributed by atoms with Gasteiger partial charge in [0.15, 0.2) is 0 Å². The lowest BCUT2D eigenvalue weighted by Crippen LogP contribution is -2.52. The second-order valence-corrected chi connectivity index (χ2v) is 6.98. The van der Waals surface area contributed by atoms with E-state index in [2.05, 4.69) is 17.0 Å². The number of piperidine rings is 1. The van der Waals surface area contributed by atoms with Gasteiger partial charge in [-0.2, -0.15) is 0 Å². The van der Waals surface area contributed by atoms with Crippen molar-refractivity contribution in [2.75, 3.05) is 32.8 Å². The molecular formula is C19H28N2O3. The molecular weight excluding hydrogens is 304 g/mol. The van der Waals surface area contributed by atoms with Crippen molar-refractivity contribution < 1.29 is 14.6 Å². The van der Waals surface area contributed by atoms with E-state index in [1.54, 1.807) is 0 Å². The highest BCUT2D eigenvalue weighted by molar-refractivity contribution is 5.81. The molecule has 2 atom stereocenters. The minimum Gasteiger partial charge on any atom is -0.393 e. The number of morpholine rings is 1. The van der Waals surface area contributed by atoms with Crippen LogP contribution in [-0.4, -0.2) is 65.8 Å². The standard InChI is InChI=1S/C19H28N2O3/c1-15(22)17-7-9-21(10-8-17)19(23)18-14-20(11-12-24-18)13-16-5-3-2-4-6-16/h2-6,15,17-18,22H,7-14H2,1H3/t15-,18+/m0/s1. The van der Waals surface area contributed by atoms with Crippen LogP contribution in [0.2, 0.25) is 0 Å². The summed E-state index contributed by atoms with van der Waals surface area (Å²) in [6.07, 6.45) is 1.12. The van der Waals surface area contributed by atoms with Crippen molar-refractivity contribution in [2.24, 2.45) is 5.92 Å². The first-order chi connectivity index (χ1) is 11.6. The molecule has 2 saturated heterocycles. The second kappa shape index (κ2) is 8.10. The summed E-state index contributed by atoms with van der Waals surface area (Å²) >= 11 is 0. The van der Waals surface area contributed by atoms with Gasteiger partial charge < -0.3 is 14.7 Å². The Morgan fingerprint density at radius 3 is 2.62 bits per heavy atom. The van der Waals surface area contributed by atoms with E-state index in [-0.39, 0.29) is 18.1 Å². The van der Waals surface area contributed by atoms with Crippen LogP contribution < -0.4 is 0 Å². The molecule has 0 aromatic heterocycles. The van der Waals surface area contributed by atoms with Crippen molar-refractivity contribution in [3.63, 3.8) is 0 Å². The number of hydrogen-bond donors (Lipinski definition) is 1. The van der Waals surface area contributed by atoms with Crippen LogP contribution in [0.3, 0.4) is 0 Å². The van der Waals surface area contributed by atoms with Crippen molar-refractivity contribution in [1.29, 1.82) is 0 Å². The van der Waals surface area contributed by atoms with Crippen LogP contribution in [0.5, 0.6) is 0 Å². The fourth-order valence-electron chi connectivity index (χ4n) is 3.64. The minimum absolute atomic E-state index is 0.108. The molecule has 2 aliphatic rings. The molecule has 0 aliphatic carbocycles. The normalized spacial score (nSPS) is 24.8. The third-order valence-electron chi connectivity index (χ3n) is 5.21. The third-order valence-corrected chi connectivity index (χ3v) is 5.21. The predicted octanol–water partition coefficient (Wildman–Crippen LogP) is 1.51. The highest BCUT2D eigenvalue weighted by Gasteiger charge is 2.33. The number of carbonyl (C=O) groups excluding carboxylic acids is 1. The van der Waals surface area contributed by atoms with Gasteiger partial charge in [-0.15, -0.1) is 0 Å². The average Bonchev–Trinajstić information content (AvgIpc) is 2.62. The van der Waals surface area contributed by atoms with Crippen LogP contribution in [0.15, 0.2) is 30.3 Å². The summed E-state index contributed by atoms with van der Waals surface area (Å²) in [5.74, 6) is 0.424. The maximum absolute atomic E-state index is 12.7. The van der Waals surface area contributed by atoms with Gasteiger partial charge in [0.25, 0.3) is 5.91 Å². The minimum atomic E-state index is -0.356. The Bertz CT molecular complexity index is 527. The molecule has 1 N–H and O–H groups in total. The first kappa shape index (κ1) is 17.4. The zero-order valence-corrected chi connectivity index (χ0v) is 14.4. The Labute approximate surface area is 144 Å². The van der Waals surface area contributed by atoms with Crippen LogP contribution in [0.4, 0.5) is 0 Å². The van der Waals surface area contributed by atoms with Crippen LogP contribution >= 0.6 is 0 Å². The SMILES string of the molecule is C[C@H](O)C1CCN(C(=O)[C@H]2CN(Cc3ccccc3)CCO2)CC1. The molecule has 132 valence electrons. The van der Waals surface area contributed by atoms with Gasteiger partial charge in [-0.3, -0.25) is 9.69 Å². The lowest BCUT2D eigenvalue weighted by atomic mass is 9.92. The summed E-state index contributed by atoms with van der Waals surface area (Å²) in [7, 11) is 0. The number of benzene rings is 1. The maximum atomic E-state index is 12.7. The molecule has 1 aromatic carbocycles. The highest BCUT2D eigenvalue weighted by atomic mass is 16.5. The van der Waals surface area contributed by atoms with Crippen LogP contribution in [0.1, 0.15) is 25.3 Å². The monoisotopic (exact) mass is 332 g/mol. The summed E-state index contributed by atoms with van der Waals surface area (Å²) < 4.78 is 5.75. The molecule has 0 radical (unpaired) electrons. The summed E-state index contributed by atoms with van der Waals surface area (Å²) in [4.78, 5) is 16.9. The zero-order valence-electron chi connectivity index (χ0n) is 14.4. The summed E-state index contributed by atoms with van der Waals surface area (Å²) in [5, 5.41) is 9.69. The fourth-order valence-corrected chi connectivity index (χ4v) is 3.64. The predicted molar refractivity (Wildman–Crippen MR) is 92.4 cm³/mol. The molecule has 5 nitrogen and oxygen atoms in total. The largest absolute Gasteiger partial charge is 0.393 e. The first-order valence-electron chi connectivity index (χ1n) is 8.98. The van der Waals surface area contributed by atoms with Gasteiger partial charge in [-0.1, -0.05) is 30.3 Å². The van der Waals surface area contributed by atoms with Crippen LogP contribution in [0.25, 0.3) is 0 Å². The average molecular weight is 332 g/mol. The number of aliphatic hydroxyl groups excluding tert-OH is 1. The smallest absolute Gasteiger partial charge is 0.253 e. The van der Waals surface area contributed by atoms with Gasteiger partial charge in [0.2, 0.25) is 0 Å². The molecule has 2 fully saturated rings. The van der Waals surface area contributed by atoms with Crippen molar-refractivity contribution in [3.05, 3.63) is 35.9 Å². The quantitative estimate of drug-likeness (QED) is 0.908. The molecule has 0 spiro atoms. The highest BCUT2D eigenvalue weighted by Crippen LogP contribution is 2.22. The Kier molecular flexibility index (Phi) is 5.87. The van der Waals surface area contributed by atoms with Crippen molar-refractivity contribution >= 4 is 5.91 Å². The Morgan fingerprint density at radius 1 is 1.25 bits per heavy atom. The number of ether oxygens (including phenoxy) is 1. The molecule has 2 heterocycles. The van der Waals surface area contributed by atoms with Gasteiger partial charge in [-0.05, 0) is 31.2 Å². The number of hydrogen-bond acceptors (Lipinski definition) is 4. The van der Waals surface area contributed by atoms with E-state index in [1.807, 2.05) is 30.0 Å². The van der Waals surface area contributed by atoms with E-state index >= 15 is 0 Å². The Morgan fingerprint density at radius 2 is 1.96 bits per heavy atom. The van der Waals surface area contributed by atoms with Gasteiger partial charge in [0, 0.05) is 32.7 Å². The number of likely N-dealkylation sites (tertiary alicyclic amines) is 1. The first-order valence-corrected chi connectivity index (χ1v) is 8.98. The summed E-state index contributed by atoms with van der Waals surface area (Å²) in [6, 6.07) is 10.3. The number of amides is 1. The van der Waals surface area contributed by atoms with Crippen molar-refractivity contribution in [1.82, 2.24) is 9.80 Å². The van der Waals surface area contributed by atoms with E-state index in [0.717, 1.165) is 39.0 Å². The second-order valence-electron chi connectivity index (χ2n) is 6.98. The molecule has 0 saturated carbocycles. The number of nitrogens with zero attached hydrogens (tertiary/aromatic N) is 2. The van der Waals surface area contributed by atoms with Crippen molar-refractivity contribution in [3.8, 4) is 0 Å². The molecule has 0 unspecified atom stereocenters. The lowest BCUT2D eigenvalue weighted by Gasteiger charge is -2.38. The van der Waals surface area contributed by atoms with E-state index in [0.29, 0.717) is 19.1 Å². The van der Waals surface area contributed by atoms with E-state index in [4.69, 9.17) is 4.74 Å². The lowest BCUT2D eigenvalue weighted by molar-refractivity contribution is -0.151. The molecule has 24 heavy (non-hydrogen) atoms. The Hall–Kier alpha value is -1.43. The Balaban J connectivity index is 1.52. The number of carbonyl (C=O) groups is 1. The van der Waals surface area contributed by atoms with E-state index in [1.165, 1.54) is 5.56 Å². The number of rotatable bonds is 4. The van der Waals surface area contributed by atoms with Gasteiger partial charge in [-0.25, -0.2) is 0 Å². The third kappa shape index (κ3) is 4.35. The summed E-state index contributed by atoms with van der Waals surface area (Å²) in [5.41, 5.74) is 1.27. The van der Waals surface area contributed by atoms with E-state index < -0.39 is 0 Å². The molecule has 5 heteroatoms. The molecule has 3 rings (SSSR count). The maximum Gasteiger partial charge on any atom is 0.253 e. The van der Waals surface area contributed by atoms with Gasteiger partial charge in [0.1, 0.15) is 6.10 Å². The topological polar surface area (TPSA) is 53.0 Å². The van der Waals surface area contributed by atoms with Gasteiger partial charge in [0.05, 0.1) is 12.7 Å². The molecule has 0 bridgehead atoms.